The van der Waals surface area contributed by atoms with Crippen molar-refractivity contribution in [2.75, 3.05) is 46.0 Å². The highest BCUT2D eigenvalue weighted by Crippen LogP contribution is 2.23. The number of carbonyl (C=O) groups excluding carboxylic acids is 1. The Bertz CT molecular complexity index is 1090. The lowest BCUT2D eigenvalue weighted by atomic mass is 10.0. The number of hydrogen-bond acceptors (Lipinski definition) is 6. The molecule has 0 radical (unpaired) electrons. The van der Waals surface area contributed by atoms with Gasteiger partial charge in [0.15, 0.2) is 0 Å². The summed E-state index contributed by atoms with van der Waals surface area (Å²) in [5.74, 6) is 0.843. The van der Waals surface area contributed by atoms with Crippen LogP contribution in [0.3, 0.4) is 0 Å². The van der Waals surface area contributed by atoms with Crippen LogP contribution in [0, 0.1) is 0 Å². The smallest absolute Gasteiger partial charge is 0.220 e. The van der Waals surface area contributed by atoms with Gasteiger partial charge < -0.3 is 19.9 Å². The maximum atomic E-state index is 12.2. The Balaban J connectivity index is 1.16. The first-order chi connectivity index (χ1) is 17.7. The summed E-state index contributed by atoms with van der Waals surface area (Å²) in [6, 6.07) is 16.1. The van der Waals surface area contributed by atoms with Crippen LogP contribution in [0.2, 0.25) is 0 Å². The fourth-order valence-corrected chi connectivity index (χ4v) is 4.38. The number of hydrogen-bond donors (Lipinski definition) is 2. The van der Waals surface area contributed by atoms with Gasteiger partial charge in [-0.25, -0.2) is 0 Å². The van der Waals surface area contributed by atoms with Gasteiger partial charge in [-0.2, -0.15) is 0 Å². The normalized spacial score (nSPS) is 15.0. The van der Waals surface area contributed by atoms with Crippen LogP contribution in [-0.4, -0.2) is 73.0 Å². The van der Waals surface area contributed by atoms with Gasteiger partial charge in [0.1, 0.15) is 12.4 Å². The number of rotatable bonds is 13. The number of ether oxygens (including phenoxy) is 2. The molecule has 1 aliphatic rings. The first kappa shape index (κ1) is 26.1. The molecule has 1 saturated heterocycles. The zero-order valence-corrected chi connectivity index (χ0v) is 20.9. The minimum Gasteiger partial charge on any atom is -0.491 e. The van der Waals surface area contributed by atoms with E-state index in [1.807, 2.05) is 36.5 Å². The molecular weight excluding hydrogens is 454 g/mol. The van der Waals surface area contributed by atoms with Crippen LogP contribution in [0.4, 0.5) is 0 Å². The number of aromatic nitrogens is 1. The summed E-state index contributed by atoms with van der Waals surface area (Å²) in [5.41, 5.74) is 2.25. The van der Waals surface area contributed by atoms with Gasteiger partial charge in [0, 0.05) is 38.4 Å². The molecule has 7 heteroatoms. The molecule has 1 aromatic heterocycles. The van der Waals surface area contributed by atoms with Gasteiger partial charge in [-0.05, 0) is 72.3 Å². The molecule has 1 unspecified atom stereocenters. The molecule has 0 bridgehead atoms. The Hall–Kier alpha value is -3.00. The number of benzene rings is 2. The summed E-state index contributed by atoms with van der Waals surface area (Å²) in [5, 5.41) is 15.5. The number of aliphatic hydroxyl groups is 1. The Labute approximate surface area is 213 Å². The second-order valence-electron chi connectivity index (χ2n) is 9.37. The van der Waals surface area contributed by atoms with Crippen molar-refractivity contribution >= 4 is 16.7 Å². The van der Waals surface area contributed by atoms with Gasteiger partial charge in [0.05, 0.1) is 19.3 Å². The van der Waals surface area contributed by atoms with Gasteiger partial charge in [0.2, 0.25) is 5.91 Å². The van der Waals surface area contributed by atoms with E-state index in [4.69, 9.17) is 9.47 Å². The van der Waals surface area contributed by atoms with Crippen molar-refractivity contribution in [1.82, 2.24) is 15.2 Å². The second-order valence-corrected chi connectivity index (χ2v) is 9.37. The third-order valence-electron chi connectivity index (χ3n) is 6.53. The summed E-state index contributed by atoms with van der Waals surface area (Å²) >= 11 is 0. The van der Waals surface area contributed by atoms with E-state index < -0.39 is 6.10 Å². The highest BCUT2D eigenvalue weighted by Gasteiger charge is 2.10. The SMILES string of the molecule is O=C(CCc1ccc2cc(OCC(O)CCc3cccnc3)ccc2c1)NCCCN1CCOCC1. The first-order valence-corrected chi connectivity index (χ1v) is 12.9. The maximum Gasteiger partial charge on any atom is 0.220 e. The number of fused-ring (bicyclic) bond motifs is 1. The van der Waals surface area contributed by atoms with Crippen molar-refractivity contribution in [3.8, 4) is 5.75 Å². The zero-order chi connectivity index (χ0) is 25.0. The largest absolute Gasteiger partial charge is 0.491 e. The summed E-state index contributed by atoms with van der Waals surface area (Å²) in [7, 11) is 0. The fourth-order valence-electron chi connectivity index (χ4n) is 4.38. The topological polar surface area (TPSA) is 83.9 Å². The predicted octanol–water partition coefficient (Wildman–Crippen LogP) is 3.38. The molecule has 2 aromatic carbocycles. The zero-order valence-electron chi connectivity index (χ0n) is 20.9. The van der Waals surface area contributed by atoms with E-state index in [1.165, 1.54) is 0 Å². The molecule has 0 spiro atoms. The molecule has 36 heavy (non-hydrogen) atoms. The van der Waals surface area contributed by atoms with Gasteiger partial charge in [-0.15, -0.1) is 0 Å². The van der Waals surface area contributed by atoms with Crippen molar-refractivity contribution < 1.29 is 19.4 Å². The Morgan fingerprint density at radius 2 is 1.92 bits per heavy atom. The van der Waals surface area contributed by atoms with Crippen LogP contribution in [-0.2, 0) is 22.4 Å². The van der Waals surface area contributed by atoms with Crippen molar-refractivity contribution in [2.24, 2.45) is 0 Å². The van der Waals surface area contributed by atoms with E-state index in [0.29, 0.717) is 19.3 Å². The lowest BCUT2D eigenvalue weighted by Gasteiger charge is -2.26. The van der Waals surface area contributed by atoms with Gasteiger partial charge >= 0.3 is 0 Å². The van der Waals surface area contributed by atoms with Crippen LogP contribution in [0.1, 0.15) is 30.4 Å². The summed E-state index contributed by atoms with van der Waals surface area (Å²) < 4.78 is 11.2. The van der Waals surface area contributed by atoms with Gasteiger partial charge in [-0.3, -0.25) is 14.7 Å². The number of nitrogens with zero attached hydrogens (tertiary/aromatic N) is 2. The summed E-state index contributed by atoms with van der Waals surface area (Å²) in [6.45, 7) is 5.56. The fraction of sp³-hybridized carbons (Fsp3) is 0.448. The van der Waals surface area contributed by atoms with Crippen LogP contribution in [0.5, 0.6) is 5.75 Å². The minimum absolute atomic E-state index is 0.0999. The average Bonchev–Trinajstić information content (AvgIpc) is 2.93. The third-order valence-corrected chi connectivity index (χ3v) is 6.53. The van der Waals surface area contributed by atoms with Gasteiger partial charge in [0.25, 0.3) is 0 Å². The lowest BCUT2D eigenvalue weighted by Crippen LogP contribution is -2.38. The Morgan fingerprint density at radius 1 is 1.08 bits per heavy atom. The molecule has 192 valence electrons. The highest BCUT2D eigenvalue weighted by atomic mass is 16.5. The molecule has 3 aromatic rings. The number of pyridine rings is 1. The number of morpholine rings is 1. The quantitative estimate of drug-likeness (QED) is 0.357. The van der Waals surface area contributed by atoms with E-state index in [0.717, 1.165) is 79.9 Å². The molecule has 1 amide bonds. The van der Waals surface area contributed by atoms with Crippen LogP contribution < -0.4 is 10.1 Å². The molecule has 1 fully saturated rings. The third kappa shape index (κ3) is 8.59. The van der Waals surface area contributed by atoms with Crippen molar-refractivity contribution in [3.63, 3.8) is 0 Å². The van der Waals surface area contributed by atoms with Crippen molar-refractivity contribution in [2.45, 2.75) is 38.2 Å². The Morgan fingerprint density at radius 3 is 2.75 bits per heavy atom. The van der Waals surface area contributed by atoms with E-state index in [-0.39, 0.29) is 12.5 Å². The lowest BCUT2D eigenvalue weighted by molar-refractivity contribution is -0.121. The van der Waals surface area contributed by atoms with E-state index in [9.17, 15) is 9.90 Å². The van der Waals surface area contributed by atoms with E-state index in [1.54, 1.807) is 6.20 Å². The second kappa shape index (κ2) is 13.9. The molecule has 4 rings (SSSR count). The molecule has 7 nitrogen and oxygen atoms in total. The molecule has 0 saturated carbocycles. The average molecular weight is 492 g/mol. The number of aryl methyl sites for hydroxylation is 2. The van der Waals surface area contributed by atoms with E-state index >= 15 is 0 Å². The predicted molar refractivity (Wildman–Crippen MR) is 141 cm³/mol. The number of carbonyl (C=O) groups is 1. The number of nitrogens with one attached hydrogen (secondary N) is 1. The maximum absolute atomic E-state index is 12.2. The Kier molecular flexibility index (Phi) is 10.1. The summed E-state index contributed by atoms with van der Waals surface area (Å²) in [6.07, 6.45) is 6.61. The van der Waals surface area contributed by atoms with Crippen molar-refractivity contribution in [1.29, 1.82) is 0 Å². The molecule has 0 aliphatic carbocycles. The van der Waals surface area contributed by atoms with Crippen LogP contribution in [0.25, 0.3) is 10.8 Å². The molecular formula is C29H37N3O4. The highest BCUT2D eigenvalue weighted by molar-refractivity contribution is 5.84. The minimum atomic E-state index is -0.534. The van der Waals surface area contributed by atoms with E-state index in [2.05, 4.69) is 33.4 Å². The van der Waals surface area contributed by atoms with Crippen LogP contribution >= 0.6 is 0 Å². The monoisotopic (exact) mass is 491 g/mol. The van der Waals surface area contributed by atoms with Crippen LogP contribution in [0.15, 0.2) is 60.9 Å². The first-order valence-electron chi connectivity index (χ1n) is 12.9. The van der Waals surface area contributed by atoms with Gasteiger partial charge in [-0.1, -0.05) is 30.3 Å². The molecule has 1 atom stereocenters. The standard InChI is InChI=1S/C29H37N3O4/c33-27(9-5-24-3-1-12-30-21-24)22-36-28-10-8-25-19-23(4-7-26(25)20-28)6-11-29(34)31-13-2-14-32-15-17-35-18-16-32/h1,3-4,7-8,10,12,19-21,27,33H,2,5-6,9,11,13-18,22H2,(H,31,34). The summed E-state index contributed by atoms with van der Waals surface area (Å²) in [4.78, 5) is 18.7. The molecule has 1 aliphatic heterocycles. The molecule has 2 N–H and O–H groups in total. The number of amides is 1. The molecule has 2 heterocycles. The number of aliphatic hydroxyl groups excluding tert-OH is 1. The van der Waals surface area contributed by atoms with Crippen molar-refractivity contribution in [3.05, 3.63) is 72.1 Å².